The summed E-state index contributed by atoms with van der Waals surface area (Å²) in [6.45, 7) is 1.97. The Bertz CT molecular complexity index is 509. The number of amides is 1. The SMILES string of the molecule is CCNC(=S)NNC(=O)COc1cccc(C(F)(F)F)c1. The highest BCUT2D eigenvalue weighted by Gasteiger charge is 2.30. The van der Waals surface area contributed by atoms with Crippen molar-refractivity contribution in [3.8, 4) is 5.75 Å². The second-order valence-electron chi connectivity index (χ2n) is 3.85. The molecule has 1 aromatic carbocycles. The molecule has 0 aliphatic heterocycles. The summed E-state index contributed by atoms with van der Waals surface area (Å²) >= 11 is 4.80. The molecule has 0 aromatic heterocycles. The molecule has 0 fully saturated rings. The van der Waals surface area contributed by atoms with E-state index in [1.807, 2.05) is 6.92 Å². The third-order valence-electron chi connectivity index (χ3n) is 2.18. The molecule has 1 amide bonds. The average Bonchev–Trinajstić information content (AvgIpc) is 2.42. The van der Waals surface area contributed by atoms with Crippen molar-refractivity contribution in [1.82, 2.24) is 16.2 Å². The van der Waals surface area contributed by atoms with Gasteiger partial charge < -0.3 is 10.1 Å². The van der Waals surface area contributed by atoms with E-state index < -0.39 is 24.3 Å². The first-order valence-corrected chi connectivity index (χ1v) is 6.36. The number of alkyl halides is 3. The highest BCUT2D eigenvalue weighted by Crippen LogP contribution is 2.31. The largest absolute Gasteiger partial charge is 0.484 e. The molecule has 0 saturated heterocycles. The number of thiocarbonyl (C=S) groups is 1. The molecule has 0 aliphatic rings. The van der Waals surface area contributed by atoms with Gasteiger partial charge in [0.25, 0.3) is 5.91 Å². The summed E-state index contributed by atoms with van der Waals surface area (Å²) in [5.41, 5.74) is 3.82. The zero-order chi connectivity index (χ0) is 15.9. The fourth-order valence-corrected chi connectivity index (χ4v) is 1.47. The summed E-state index contributed by atoms with van der Waals surface area (Å²) < 4.78 is 42.4. The molecule has 0 spiro atoms. The molecule has 3 N–H and O–H groups in total. The second kappa shape index (κ2) is 7.67. The lowest BCUT2D eigenvalue weighted by molar-refractivity contribution is -0.137. The summed E-state index contributed by atoms with van der Waals surface area (Å²) in [6.07, 6.45) is -4.46. The van der Waals surface area contributed by atoms with E-state index in [0.717, 1.165) is 12.1 Å². The number of carbonyl (C=O) groups excluding carboxylic acids is 1. The molecule has 9 heteroatoms. The Hall–Kier alpha value is -2.03. The van der Waals surface area contributed by atoms with E-state index in [4.69, 9.17) is 17.0 Å². The van der Waals surface area contributed by atoms with Crippen LogP contribution in [0, 0.1) is 0 Å². The molecular weight excluding hydrogens is 307 g/mol. The van der Waals surface area contributed by atoms with Crippen molar-refractivity contribution in [2.24, 2.45) is 0 Å². The quantitative estimate of drug-likeness (QED) is 0.581. The number of rotatable bonds is 4. The Morgan fingerprint density at radius 1 is 1.33 bits per heavy atom. The topological polar surface area (TPSA) is 62.4 Å². The lowest BCUT2D eigenvalue weighted by Gasteiger charge is -2.12. The first kappa shape index (κ1) is 17.0. The Morgan fingerprint density at radius 2 is 2.05 bits per heavy atom. The van der Waals surface area contributed by atoms with Crippen LogP contribution in [-0.2, 0) is 11.0 Å². The number of ether oxygens (including phenoxy) is 1. The normalized spacial score (nSPS) is 10.7. The fourth-order valence-electron chi connectivity index (χ4n) is 1.28. The van der Waals surface area contributed by atoms with Crippen LogP contribution in [0.5, 0.6) is 5.75 Å². The number of carbonyl (C=O) groups is 1. The third-order valence-corrected chi connectivity index (χ3v) is 2.43. The van der Waals surface area contributed by atoms with Gasteiger partial charge in [0.2, 0.25) is 0 Å². The maximum Gasteiger partial charge on any atom is 0.416 e. The highest BCUT2D eigenvalue weighted by molar-refractivity contribution is 7.80. The number of hydrazine groups is 1. The van der Waals surface area contributed by atoms with Gasteiger partial charge in [-0.2, -0.15) is 13.2 Å². The Balaban J connectivity index is 2.45. The molecule has 21 heavy (non-hydrogen) atoms. The van der Waals surface area contributed by atoms with Crippen LogP contribution in [0.25, 0.3) is 0 Å². The summed E-state index contributed by atoms with van der Waals surface area (Å²) in [6, 6.07) is 4.28. The van der Waals surface area contributed by atoms with Crippen molar-refractivity contribution in [2.75, 3.05) is 13.2 Å². The maximum absolute atomic E-state index is 12.5. The van der Waals surface area contributed by atoms with Crippen LogP contribution in [0.15, 0.2) is 24.3 Å². The van der Waals surface area contributed by atoms with Crippen molar-refractivity contribution >= 4 is 23.2 Å². The molecule has 1 rings (SSSR count). The third kappa shape index (κ3) is 6.30. The van der Waals surface area contributed by atoms with Gasteiger partial charge in [-0.05, 0) is 37.3 Å². The summed E-state index contributed by atoms with van der Waals surface area (Å²) in [5.74, 6) is -0.623. The van der Waals surface area contributed by atoms with Gasteiger partial charge in [-0.25, -0.2) is 0 Å². The zero-order valence-electron chi connectivity index (χ0n) is 11.1. The van der Waals surface area contributed by atoms with Gasteiger partial charge >= 0.3 is 6.18 Å². The van der Waals surface area contributed by atoms with Crippen molar-refractivity contribution in [1.29, 1.82) is 0 Å². The van der Waals surface area contributed by atoms with Crippen LogP contribution in [0.4, 0.5) is 13.2 Å². The lowest BCUT2D eigenvalue weighted by Crippen LogP contribution is -2.48. The van der Waals surface area contributed by atoms with Crippen LogP contribution in [0.1, 0.15) is 12.5 Å². The van der Waals surface area contributed by atoms with Gasteiger partial charge in [-0.3, -0.25) is 15.6 Å². The van der Waals surface area contributed by atoms with E-state index in [1.54, 1.807) is 0 Å². The molecular formula is C12H14F3N3O2S. The minimum atomic E-state index is -4.46. The lowest BCUT2D eigenvalue weighted by atomic mass is 10.2. The predicted octanol–water partition coefficient (Wildman–Crippen LogP) is 1.60. The first-order valence-electron chi connectivity index (χ1n) is 5.95. The minimum absolute atomic E-state index is 0.0470. The predicted molar refractivity (Wildman–Crippen MR) is 74.5 cm³/mol. The molecule has 116 valence electrons. The molecule has 0 atom stereocenters. The van der Waals surface area contributed by atoms with Crippen LogP contribution >= 0.6 is 12.2 Å². The van der Waals surface area contributed by atoms with Crippen molar-refractivity contribution < 1.29 is 22.7 Å². The monoisotopic (exact) mass is 321 g/mol. The van der Waals surface area contributed by atoms with Crippen LogP contribution in [0.2, 0.25) is 0 Å². The molecule has 0 bridgehead atoms. The van der Waals surface area contributed by atoms with Gasteiger partial charge in [0.05, 0.1) is 5.56 Å². The number of benzene rings is 1. The Labute approximate surface area is 124 Å². The van der Waals surface area contributed by atoms with Gasteiger partial charge in [0, 0.05) is 6.54 Å². The standard InChI is InChI=1S/C12H14F3N3O2S/c1-2-16-11(21)18-17-10(19)7-20-9-5-3-4-8(6-9)12(13,14)15/h3-6H,2,7H2,1H3,(H,17,19)(H2,16,18,21). The fraction of sp³-hybridized carbons (Fsp3) is 0.333. The molecule has 0 heterocycles. The van der Waals surface area contributed by atoms with Crippen molar-refractivity contribution in [3.05, 3.63) is 29.8 Å². The highest BCUT2D eigenvalue weighted by atomic mass is 32.1. The zero-order valence-corrected chi connectivity index (χ0v) is 11.9. The molecule has 1 aromatic rings. The van der Waals surface area contributed by atoms with E-state index in [1.165, 1.54) is 12.1 Å². The van der Waals surface area contributed by atoms with Crippen LogP contribution in [0.3, 0.4) is 0 Å². The van der Waals surface area contributed by atoms with E-state index in [-0.39, 0.29) is 10.9 Å². The smallest absolute Gasteiger partial charge is 0.416 e. The molecule has 0 unspecified atom stereocenters. The molecule has 0 saturated carbocycles. The van der Waals surface area contributed by atoms with Crippen molar-refractivity contribution in [2.45, 2.75) is 13.1 Å². The van der Waals surface area contributed by atoms with Crippen LogP contribution < -0.4 is 20.9 Å². The molecule has 0 aliphatic carbocycles. The Kier molecular flexibility index (Phi) is 6.22. The second-order valence-corrected chi connectivity index (χ2v) is 4.26. The Morgan fingerprint density at radius 3 is 2.67 bits per heavy atom. The van der Waals surface area contributed by atoms with Crippen LogP contribution in [-0.4, -0.2) is 24.2 Å². The van der Waals surface area contributed by atoms with Gasteiger partial charge in [-0.15, -0.1) is 0 Å². The minimum Gasteiger partial charge on any atom is -0.484 e. The van der Waals surface area contributed by atoms with Gasteiger partial charge in [0.1, 0.15) is 5.75 Å². The van der Waals surface area contributed by atoms with E-state index in [0.29, 0.717) is 6.54 Å². The number of hydrogen-bond donors (Lipinski definition) is 3. The number of hydrogen-bond acceptors (Lipinski definition) is 3. The van der Waals surface area contributed by atoms with Gasteiger partial charge in [0.15, 0.2) is 11.7 Å². The average molecular weight is 321 g/mol. The maximum atomic E-state index is 12.5. The summed E-state index contributed by atoms with van der Waals surface area (Å²) in [5, 5.41) is 2.97. The molecule has 5 nitrogen and oxygen atoms in total. The molecule has 0 radical (unpaired) electrons. The van der Waals surface area contributed by atoms with E-state index in [9.17, 15) is 18.0 Å². The summed E-state index contributed by atoms with van der Waals surface area (Å²) in [7, 11) is 0. The number of halogens is 3. The van der Waals surface area contributed by atoms with Gasteiger partial charge in [-0.1, -0.05) is 6.07 Å². The number of nitrogens with one attached hydrogen (secondary N) is 3. The van der Waals surface area contributed by atoms with Crippen molar-refractivity contribution in [3.63, 3.8) is 0 Å². The van der Waals surface area contributed by atoms with E-state index in [2.05, 4.69) is 16.2 Å². The first-order chi connectivity index (χ1) is 9.82. The van der Waals surface area contributed by atoms with E-state index >= 15 is 0 Å². The summed E-state index contributed by atoms with van der Waals surface area (Å²) in [4.78, 5) is 11.4.